The molecule has 0 aliphatic heterocycles. The molecule has 2 aliphatic rings. The second-order valence-corrected chi connectivity index (χ2v) is 7.58. The maximum atomic E-state index is 12.9. The summed E-state index contributed by atoms with van der Waals surface area (Å²) in [6.45, 7) is 8.45. The maximum absolute atomic E-state index is 12.9. The molecular formula is C16H29ClN2O2. The fourth-order valence-corrected chi connectivity index (χ4v) is 4.30. The highest BCUT2D eigenvalue weighted by atomic mass is 35.5. The molecule has 0 radical (unpaired) electrons. The molecule has 2 rings (SSSR count). The minimum atomic E-state index is -0.252. The largest absolute Gasteiger partial charge is 0.347 e. The number of carbonyl (C=O) groups is 2. The monoisotopic (exact) mass is 316 g/mol. The van der Waals surface area contributed by atoms with E-state index in [9.17, 15) is 9.59 Å². The van der Waals surface area contributed by atoms with Gasteiger partial charge in [-0.15, -0.1) is 12.4 Å². The Labute approximate surface area is 134 Å². The average molecular weight is 317 g/mol. The summed E-state index contributed by atoms with van der Waals surface area (Å²) in [4.78, 5) is 28.6. The van der Waals surface area contributed by atoms with E-state index < -0.39 is 0 Å². The van der Waals surface area contributed by atoms with Gasteiger partial charge >= 0.3 is 0 Å². The van der Waals surface area contributed by atoms with Gasteiger partial charge in [-0.25, -0.2) is 0 Å². The molecule has 1 amide bonds. The summed E-state index contributed by atoms with van der Waals surface area (Å²) >= 11 is 0. The fraction of sp³-hybridized carbons (Fsp3) is 0.875. The molecule has 2 aliphatic carbocycles. The van der Waals surface area contributed by atoms with E-state index in [2.05, 4.69) is 20.8 Å². The van der Waals surface area contributed by atoms with Crippen molar-refractivity contribution in [2.45, 2.75) is 52.6 Å². The van der Waals surface area contributed by atoms with Crippen molar-refractivity contribution in [3.8, 4) is 0 Å². The Balaban J connectivity index is 0.00000220. The molecule has 0 spiro atoms. The number of halogens is 1. The Kier molecular flexibility index (Phi) is 4.87. The molecule has 2 fully saturated rings. The van der Waals surface area contributed by atoms with E-state index in [1.165, 1.54) is 0 Å². The zero-order valence-electron chi connectivity index (χ0n) is 14.3. The van der Waals surface area contributed by atoms with E-state index in [1.54, 1.807) is 19.0 Å². The molecule has 5 heteroatoms. The van der Waals surface area contributed by atoms with E-state index >= 15 is 0 Å². The van der Waals surface area contributed by atoms with Gasteiger partial charge in [0, 0.05) is 19.5 Å². The van der Waals surface area contributed by atoms with Crippen molar-refractivity contribution in [3.05, 3.63) is 0 Å². The Morgan fingerprint density at radius 1 is 1.24 bits per heavy atom. The number of Topliss-reactive ketones (excluding diaryl/α,β-unsaturated/α-hetero) is 1. The van der Waals surface area contributed by atoms with Gasteiger partial charge in [0.1, 0.15) is 0 Å². The van der Waals surface area contributed by atoms with Gasteiger partial charge in [0.2, 0.25) is 5.91 Å². The van der Waals surface area contributed by atoms with Gasteiger partial charge in [-0.05, 0) is 38.1 Å². The molecule has 4 unspecified atom stereocenters. The van der Waals surface area contributed by atoms with Gasteiger partial charge in [-0.1, -0.05) is 20.8 Å². The molecule has 0 saturated heterocycles. The van der Waals surface area contributed by atoms with Gasteiger partial charge in [0.05, 0.1) is 12.1 Å². The zero-order chi connectivity index (χ0) is 15.5. The van der Waals surface area contributed by atoms with Gasteiger partial charge < -0.3 is 4.90 Å². The minimum absolute atomic E-state index is 0. The van der Waals surface area contributed by atoms with E-state index in [4.69, 9.17) is 0 Å². The zero-order valence-corrected chi connectivity index (χ0v) is 15.1. The molecule has 2 bridgehead atoms. The van der Waals surface area contributed by atoms with Gasteiger partial charge in [-0.3, -0.25) is 14.5 Å². The van der Waals surface area contributed by atoms with E-state index in [-0.39, 0.29) is 41.2 Å². The summed E-state index contributed by atoms with van der Waals surface area (Å²) in [5, 5.41) is 0. The van der Waals surface area contributed by atoms with Crippen molar-refractivity contribution < 1.29 is 9.59 Å². The van der Waals surface area contributed by atoms with Crippen LogP contribution in [-0.4, -0.2) is 54.7 Å². The number of hydrogen-bond donors (Lipinski definition) is 0. The van der Waals surface area contributed by atoms with Gasteiger partial charge in [0.25, 0.3) is 0 Å². The first-order chi connectivity index (χ1) is 9.05. The number of rotatable bonds is 3. The van der Waals surface area contributed by atoms with Crippen molar-refractivity contribution in [2.24, 2.45) is 16.7 Å². The van der Waals surface area contributed by atoms with Crippen LogP contribution < -0.4 is 0 Å². The maximum Gasteiger partial charge on any atom is 0.239 e. The third-order valence-electron chi connectivity index (χ3n) is 6.35. The highest BCUT2D eigenvalue weighted by molar-refractivity contribution is 5.95. The molecule has 0 aromatic rings. The molecule has 21 heavy (non-hydrogen) atoms. The number of amides is 1. The Morgan fingerprint density at radius 2 is 1.76 bits per heavy atom. The number of hydrogen-bond acceptors (Lipinski definition) is 3. The topological polar surface area (TPSA) is 40.6 Å². The molecule has 4 atom stereocenters. The summed E-state index contributed by atoms with van der Waals surface area (Å²) in [5.41, 5.74) is -0.193. The highest BCUT2D eigenvalue weighted by Gasteiger charge is 2.67. The molecule has 0 heterocycles. The summed E-state index contributed by atoms with van der Waals surface area (Å²) in [6.07, 6.45) is 2.08. The standard InChI is InChI=1S/C16H28N2O2.ClH/c1-10(14(20)17(5)6)18(7)12-11-8-9-16(4,13(12)19)15(11,2)3;/h10-12H,8-9H2,1-7H3;1H. The van der Waals surface area contributed by atoms with Crippen LogP contribution in [0.3, 0.4) is 0 Å². The lowest BCUT2D eigenvalue weighted by Crippen LogP contribution is -2.52. The van der Waals surface area contributed by atoms with Crippen molar-refractivity contribution in [1.29, 1.82) is 0 Å². The van der Waals surface area contributed by atoms with Crippen molar-refractivity contribution in [2.75, 3.05) is 21.1 Å². The van der Waals surface area contributed by atoms with Crippen molar-refractivity contribution in [3.63, 3.8) is 0 Å². The second-order valence-electron chi connectivity index (χ2n) is 7.58. The van der Waals surface area contributed by atoms with Gasteiger partial charge in [0.15, 0.2) is 5.78 Å². The SMILES string of the molecule is CC(C(=O)N(C)C)N(C)C1C(=O)C2(C)CCC1C2(C)C.Cl. The predicted molar refractivity (Wildman–Crippen MR) is 86.6 cm³/mol. The minimum Gasteiger partial charge on any atom is -0.347 e. The second kappa shape index (κ2) is 5.54. The van der Waals surface area contributed by atoms with E-state index in [1.807, 2.05) is 18.9 Å². The number of nitrogens with zero attached hydrogens (tertiary/aromatic N) is 2. The molecule has 122 valence electrons. The smallest absolute Gasteiger partial charge is 0.239 e. The summed E-state index contributed by atoms with van der Waals surface area (Å²) in [6, 6.07) is -0.361. The summed E-state index contributed by atoms with van der Waals surface area (Å²) < 4.78 is 0. The molecule has 4 nitrogen and oxygen atoms in total. The van der Waals surface area contributed by atoms with Crippen LogP contribution in [0.2, 0.25) is 0 Å². The van der Waals surface area contributed by atoms with Gasteiger partial charge in [-0.2, -0.15) is 0 Å². The first-order valence-electron chi connectivity index (χ1n) is 7.53. The Bertz CT molecular complexity index is 450. The first-order valence-corrected chi connectivity index (χ1v) is 7.53. The Morgan fingerprint density at radius 3 is 2.14 bits per heavy atom. The number of fused-ring (bicyclic) bond motifs is 2. The van der Waals surface area contributed by atoms with Crippen LogP contribution >= 0.6 is 12.4 Å². The quantitative estimate of drug-likeness (QED) is 0.801. The highest BCUT2D eigenvalue weighted by Crippen LogP contribution is 2.64. The lowest BCUT2D eigenvalue weighted by molar-refractivity contribution is -0.138. The molecule has 0 N–H and O–H groups in total. The van der Waals surface area contributed by atoms with Crippen LogP contribution in [0.15, 0.2) is 0 Å². The van der Waals surface area contributed by atoms with Crippen LogP contribution in [0.1, 0.15) is 40.5 Å². The third kappa shape index (κ3) is 2.31. The molecular weight excluding hydrogens is 288 g/mol. The number of carbonyl (C=O) groups excluding carboxylic acids is 2. The van der Waals surface area contributed by atoms with Crippen LogP contribution in [0.25, 0.3) is 0 Å². The van der Waals surface area contributed by atoms with Crippen LogP contribution in [0.5, 0.6) is 0 Å². The molecule has 2 saturated carbocycles. The van der Waals surface area contributed by atoms with Crippen LogP contribution in [0.4, 0.5) is 0 Å². The normalized spacial score (nSPS) is 34.8. The van der Waals surface area contributed by atoms with Crippen molar-refractivity contribution >= 4 is 24.1 Å². The van der Waals surface area contributed by atoms with Crippen molar-refractivity contribution in [1.82, 2.24) is 9.80 Å². The fourth-order valence-electron chi connectivity index (χ4n) is 4.30. The van der Waals surface area contributed by atoms with Crippen LogP contribution in [0, 0.1) is 16.7 Å². The third-order valence-corrected chi connectivity index (χ3v) is 6.35. The van der Waals surface area contributed by atoms with Crippen LogP contribution in [-0.2, 0) is 9.59 Å². The number of ketones is 1. The summed E-state index contributed by atoms with van der Waals surface area (Å²) in [7, 11) is 5.45. The lowest BCUT2D eigenvalue weighted by Gasteiger charge is -2.36. The predicted octanol–water partition coefficient (Wildman–Crippen LogP) is 2.21. The van der Waals surface area contributed by atoms with E-state index in [0.717, 1.165) is 12.8 Å². The molecule has 0 aromatic heterocycles. The first kappa shape index (κ1) is 18.4. The number of likely N-dealkylation sites (N-methyl/N-ethyl adjacent to an activating group) is 2. The molecule has 0 aromatic carbocycles. The van der Waals surface area contributed by atoms with E-state index in [0.29, 0.717) is 11.7 Å². The average Bonchev–Trinajstić information content (AvgIpc) is 2.68. The Hall–Kier alpha value is -0.610. The summed E-state index contributed by atoms with van der Waals surface area (Å²) in [5.74, 6) is 0.758. The lowest BCUT2D eigenvalue weighted by atomic mass is 9.70.